The molecule has 2 heterocycles. The van der Waals surface area contributed by atoms with Crippen LogP contribution in [0.2, 0.25) is 5.02 Å². The van der Waals surface area contributed by atoms with E-state index >= 15 is 0 Å². The molecule has 0 saturated heterocycles. The number of esters is 1. The summed E-state index contributed by atoms with van der Waals surface area (Å²) in [6.45, 7) is 5.42. The second-order valence-corrected chi connectivity index (χ2v) is 9.57. The average Bonchev–Trinajstić information content (AvgIpc) is 2.85. The molecule has 0 saturated carbocycles. The lowest BCUT2D eigenvalue weighted by atomic mass is 10.2. The first-order valence-corrected chi connectivity index (χ1v) is 11.2. The normalized spacial score (nSPS) is 16.1. The predicted molar refractivity (Wildman–Crippen MR) is 122 cm³/mol. The van der Waals surface area contributed by atoms with Crippen LogP contribution >= 0.6 is 23.4 Å². The van der Waals surface area contributed by atoms with Crippen molar-refractivity contribution >= 4 is 47.2 Å². The van der Waals surface area contributed by atoms with Crippen LogP contribution in [0.15, 0.2) is 41.3 Å². The zero-order chi connectivity index (χ0) is 23.5. The summed E-state index contributed by atoms with van der Waals surface area (Å²) in [5, 5.41) is 3.23. The van der Waals surface area contributed by atoms with Gasteiger partial charge in [-0.15, -0.1) is 11.8 Å². The van der Waals surface area contributed by atoms with Crippen molar-refractivity contribution in [3.63, 3.8) is 0 Å². The first-order valence-electron chi connectivity index (χ1n) is 9.85. The molecule has 0 aliphatic carbocycles. The number of benzene rings is 1. The first-order chi connectivity index (χ1) is 15.1. The molecule has 1 N–H and O–H groups in total. The number of nitrogens with zero attached hydrogens (tertiary/aromatic N) is 2. The lowest BCUT2D eigenvalue weighted by molar-refractivity contribution is -0.120. The van der Waals surface area contributed by atoms with Crippen molar-refractivity contribution in [1.29, 1.82) is 0 Å². The molecule has 170 valence electrons. The Bertz CT molecular complexity index is 1020. The molecule has 1 atom stereocenters. The number of hydrogen-bond acceptors (Lipinski definition) is 7. The van der Waals surface area contributed by atoms with E-state index in [1.807, 2.05) is 0 Å². The molecule has 1 aromatic heterocycles. The van der Waals surface area contributed by atoms with Crippen LogP contribution in [0.1, 0.15) is 36.8 Å². The molecular formula is C22H24ClN3O5S. The monoisotopic (exact) mass is 477 g/mol. The zero-order valence-electron chi connectivity index (χ0n) is 18.2. The van der Waals surface area contributed by atoms with Gasteiger partial charge < -0.3 is 14.8 Å². The zero-order valence-corrected chi connectivity index (χ0v) is 19.7. The van der Waals surface area contributed by atoms with Gasteiger partial charge in [-0.2, -0.15) is 0 Å². The molecule has 0 unspecified atom stereocenters. The van der Waals surface area contributed by atoms with Crippen LogP contribution in [-0.2, 0) is 20.8 Å². The molecule has 8 nitrogen and oxygen atoms in total. The van der Waals surface area contributed by atoms with Gasteiger partial charge in [-0.05, 0) is 50.6 Å². The first kappa shape index (κ1) is 23.9. The SMILES string of the molecule is COC(=O)c1ccc2c(n1)N(Cc1ccc(Cl)cc1)C(=O)[C@@H](NC(=O)OC(C)(C)C)CS2. The maximum absolute atomic E-state index is 13.5. The van der Waals surface area contributed by atoms with Crippen LogP contribution in [0, 0.1) is 0 Å². The van der Waals surface area contributed by atoms with E-state index in [4.69, 9.17) is 21.1 Å². The number of carbonyl (C=O) groups excluding carboxylic acids is 3. The largest absolute Gasteiger partial charge is 0.464 e. The number of hydrogen-bond donors (Lipinski definition) is 1. The molecule has 0 bridgehead atoms. The van der Waals surface area contributed by atoms with Crippen molar-refractivity contribution in [2.75, 3.05) is 17.8 Å². The Kier molecular flexibility index (Phi) is 7.30. The number of thioether (sulfide) groups is 1. The summed E-state index contributed by atoms with van der Waals surface area (Å²) < 4.78 is 10.1. The fourth-order valence-corrected chi connectivity index (χ4v) is 4.12. The minimum Gasteiger partial charge on any atom is -0.464 e. The molecule has 1 aromatic carbocycles. The Hall–Kier alpha value is -2.78. The highest BCUT2D eigenvalue weighted by Gasteiger charge is 2.34. The van der Waals surface area contributed by atoms with E-state index in [1.165, 1.54) is 23.8 Å². The van der Waals surface area contributed by atoms with Crippen molar-refractivity contribution in [2.45, 2.75) is 43.9 Å². The smallest absolute Gasteiger partial charge is 0.408 e. The fourth-order valence-electron chi connectivity index (χ4n) is 2.98. The van der Waals surface area contributed by atoms with Gasteiger partial charge in [0.2, 0.25) is 0 Å². The molecule has 0 spiro atoms. The lowest BCUT2D eigenvalue weighted by Gasteiger charge is -2.26. The van der Waals surface area contributed by atoms with Crippen molar-refractivity contribution in [3.05, 3.63) is 52.7 Å². The van der Waals surface area contributed by atoms with Crippen molar-refractivity contribution in [1.82, 2.24) is 10.3 Å². The number of halogens is 1. The Labute approximate surface area is 195 Å². The Morgan fingerprint density at radius 3 is 2.53 bits per heavy atom. The summed E-state index contributed by atoms with van der Waals surface area (Å²) >= 11 is 7.34. The second kappa shape index (κ2) is 9.79. The van der Waals surface area contributed by atoms with Crippen molar-refractivity contribution < 1.29 is 23.9 Å². The van der Waals surface area contributed by atoms with Gasteiger partial charge in [-0.25, -0.2) is 14.6 Å². The molecule has 10 heteroatoms. The molecule has 0 fully saturated rings. The van der Waals surface area contributed by atoms with Crippen LogP contribution in [0.5, 0.6) is 0 Å². The van der Waals surface area contributed by atoms with Gasteiger partial charge in [-0.3, -0.25) is 9.69 Å². The van der Waals surface area contributed by atoms with Gasteiger partial charge in [0, 0.05) is 10.8 Å². The number of amides is 2. The van der Waals surface area contributed by atoms with Gasteiger partial charge in [0.1, 0.15) is 17.5 Å². The lowest BCUT2D eigenvalue weighted by Crippen LogP contribution is -2.50. The van der Waals surface area contributed by atoms with Crippen LogP contribution in [0.3, 0.4) is 0 Å². The minimum absolute atomic E-state index is 0.0827. The van der Waals surface area contributed by atoms with E-state index in [0.717, 1.165) is 5.56 Å². The highest BCUT2D eigenvalue weighted by atomic mass is 35.5. The topological polar surface area (TPSA) is 97.8 Å². The predicted octanol–water partition coefficient (Wildman–Crippen LogP) is 4.05. The van der Waals surface area contributed by atoms with Crippen LogP contribution in [0.25, 0.3) is 0 Å². The molecule has 2 aromatic rings. The molecule has 1 aliphatic rings. The quantitative estimate of drug-likeness (QED) is 0.663. The number of carbonyl (C=O) groups is 3. The third-order valence-corrected chi connectivity index (χ3v) is 5.79. The number of alkyl carbamates (subject to hydrolysis) is 1. The highest BCUT2D eigenvalue weighted by molar-refractivity contribution is 7.99. The summed E-state index contributed by atoms with van der Waals surface area (Å²) in [7, 11) is 1.27. The minimum atomic E-state index is -0.849. The second-order valence-electron chi connectivity index (χ2n) is 8.07. The van der Waals surface area contributed by atoms with Crippen LogP contribution in [-0.4, -0.2) is 47.5 Å². The van der Waals surface area contributed by atoms with Crippen molar-refractivity contribution in [3.8, 4) is 0 Å². The molecule has 32 heavy (non-hydrogen) atoms. The summed E-state index contributed by atoms with van der Waals surface area (Å²) in [6.07, 6.45) is -0.683. The highest BCUT2D eigenvalue weighted by Crippen LogP contribution is 2.34. The number of nitrogens with one attached hydrogen (secondary N) is 1. The van der Waals surface area contributed by atoms with E-state index in [1.54, 1.807) is 57.2 Å². The van der Waals surface area contributed by atoms with Gasteiger partial charge >= 0.3 is 12.1 Å². The van der Waals surface area contributed by atoms with Gasteiger partial charge in [-0.1, -0.05) is 23.7 Å². The number of aromatic nitrogens is 1. The summed E-state index contributed by atoms with van der Waals surface area (Å²) in [5.74, 6) is -0.371. The molecule has 1 aliphatic heterocycles. The standard InChI is InChI=1S/C22H24ClN3O5S/c1-22(2,3)31-21(29)25-16-12-32-17-10-9-15(20(28)30-4)24-18(17)26(19(16)27)11-13-5-7-14(23)8-6-13/h5-10,16H,11-12H2,1-4H3,(H,25,29)/t16-/m0/s1. The molecular weight excluding hydrogens is 454 g/mol. The van der Waals surface area contributed by atoms with Gasteiger partial charge in [0.05, 0.1) is 18.6 Å². The third kappa shape index (κ3) is 5.92. The summed E-state index contributed by atoms with van der Waals surface area (Å²) in [5.41, 5.74) is 0.190. The van der Waals surface area contributed by atoms with Crippen LogP contribution in [0.4, 0.5) is 10.6 Å². The van der Waals surface area contributed by atoms with Crippen LogP contribution < -0.4 is 10.2 Å². The Morgan fingerprint density at radius 1 is 1.22 bits per heavy atom. The summed E-state index contributed by atoms with van der Waals surface area (Å²) in [4.78, 5) is 44.4. The van der Waals surface area contributed by atoms with E-state index in [0.29, 0.717) is 15.7 Å². The van der Waals surface area contributed by atoms with E-state index < -0.39 is 23.7 Å². The number of fused-ring (bicyclic) bond motifs is 1. The number of rotatable bonds is 4. The molecule has 3 rings (SSSR count). The molecule has 2 amide bonds. The van der Waals surface area contributed by atoms with E-state index in [2.05, 4.69) is 10.3 Å². The van der Waals surface area contributed by atoms with Gasteiger partial charge in [0.25, 0.3) is 5.91 Å². The summed E-state index contributed by atoms with van der Waals surface area (Å²) in [6, 6.07) is 9.47. The van der Waals surface area contributed by atoms with E-state index in [-0.39, 0.29) is 23.9 Å². The number of pyridine rings is 1. The Balaban J connectivity index is 1.96. The van der Waals surface area contributed by atoms with Gasteiger partial charge in [0.15, 0.2) is 5.69 Å². The number of ether oxygens (including phenoxy) is 2. The fraction of sp³-hybridized carbons (Fsp3) is 0.364. The van der Waals surface area contributed by atoms with E-state index in [9.17, 15) is 14.4 Å². The maximum atomic E-state index is 13.5. The molecule has 0 radical (unpaired) electrons. The number of methoxy groups -OCH3 is 1. The Morgan fingerprint density at radius 2 is 1.91 bits per heavy atom. The number of anilines is 1. The third-order valence-electron chi connectivity index (χ3n) is 4.40. The maximum Gasteiger partial charge on any atom is 0.408 e. The van der Waals surface area contributed by atoms with Crippen molar-refractivity contribution in [2.24, 2.45) is 0 Å². The average molecular weight is 478 g/mol.